The second-order valence-electron chi connectivity index (χ2n) is 3.87. The SMILES string of the molecule is CC(=O)N[C@H]1C=C(c2cccs2)CCC1. The number of rotatable bonds is 2. The van der Waals surface area contributed by atoms with Crippen molar-refractivity contribution in [1.82, 2.24) is 5.32 Å². The van der Waals surface area contributed by atoms with E-state index in [0.29, 0.717) is 0 Å². The fourth-order valence-corrected chi connectivity index (χ4v) is 2.75. The molecule has 0 spiro atoms. The molecule has 0 aliphatic heterocycles. The molecule has 1 aliphatic rings. The van der Waals surface area contributed by atoms with Crippen molar-refractivity contribution in [3.63, 3.8) is 0 Å². The van der Waals surface area contributed by atoms with E-state index in [1.54, 1.807) is 18.3 Å². The Bertz CT molecular complexity index is 367. The summed E-state index contributed by atoms with van der Waals surface area (Å²) < 4.78 is 0. The van der Waals surface area contributed by atoms with Gasteiger partial charge in [-0.3, -0.25) is 4.79 Å². The van der Waals surface area contributed by atoms with Gasteiger partial charge >= 0.3 is 0 Å². The van der Waals surface area contributed by atoms with Crippen LogP contribution in [-0.4, -0.2) is 11.9 Å². The predicted molar refractivity (Wildman–Crippen MR) is 63.8 cm³/mol. The Morgan fingerprint density at radius 1 is 1.60 bits per heavy atom. The molecule has 0 radical (unpaired) electrons. The molecule has 0 saturated heterocycles. The highest BCUT2D eigenvalue weighted by Crippen LogP contribution is 2.29. The van der Waals surface area contributed by atoms with Crippen molar-refractivity contribution < 1.29 is 4.79 Å². The maximum absolute atomic E-state index is 11.0. The van der Waals surface area contributed by atoms with Crippen molar-refractivity contribution in [1.29, 1.82) is 0 Å². The summed E-state index contributed by atoms with van der Waals surface area (Å²) >= 11 is 1.77. The summed E-state index contributed by atoms with van der Waals surface area (Å²) in [5.74, 6) is 0.0590. The maximum atomic E-state index is 11.0. The minimum Gasteiger partial charge on any atom is -0.350 e. The summed E-state index contributed by atoms with van der Waals surface area (Å²) in [7, 11) is 0. The minimum absolute atomic E-state index is 0.0590. The standard InChI is InChI=1S/C12H15NOS/c1-9(14)13-11-5-2-4-10(8-11)12-6-3-7-15-12/h3,6-8,11H,2,4-5H2,1H3,(H,13,14)/t11-/m1/s1. The van der Waals surface area contributed by atoms with E-state index in [2.05, 4.69) is 28.9 Å². The maximum Gasteiger partial charge on any atom is 0.217 e. The largest absolute Gasteiger partial charge is 0.350 e. The summed E-state index contributed by atoms with van der Waals surface area (Å²) in [5, 5.41) is 5.06. The van der Waals surface area contributed by atoms with Gasteiger partial charge in [0.2, 0.25) is 5.91 Å². The van der Waals surface area contributed by atoms with Gasteiger partial charge in [0.05, 0.1) is 0 Å². The molecule has 15 heavy (non-hydrogen) atoms. The molecule has 0 saturated carbocycles. The lowest BCUT2D eigenvalue weighted by Gasteiger charge is -2.21. The van der Waals surface area contributed by atoms with Crippen LogP contribution >= 0.6 is 11.3 Å². The van der Waals surface area contributed by atoms with E-state index in [4.69, 9.17) is 0 Å². The fraction of sp³-hybridized carbons (Fsp3) is 0.417. The molecular weight excluding hydrogens is 206 g/mol. The molecule has 0 unspecified atom stereocenters. The van der Waals surface area contributed by atoms with E-state index < -0.39 is 0 Å². The Hall–Kier alpha value is -1.09. The van der Waals surface area contributed by atoms with Crippen LogP contribution in [0.3, 0.4) is 0 Å². The number of hydrogen-bond acceptors (Lipinski definition) is 2. The zero-order valence-corrected chi connectivity index (χ0v) is 9.64. The van der Waals surface area contributed by atoms with E-state index in [1.165, 1.54) is 10.5 Å². The van der Waals surface area contributed by atoms with Crippen LogP contribution in [0.1, 0.15) is 31.1 Å². The van der Waals surface area contributed by atoms with Gasteiger partial charge in [0.25, 0.3) is 0 Å². The number of hydrogen-bond donors (Lipinski definition) is 1. The molecule has 2 nitrogen and oxygen atoms in total. The number of carbonyl (C=O) groups is 1. The Balaban J connectivity index is 2.12. The average molecular weight is 221 g/mol. The van der Waals surface area contributed by atoms with Crippen LogP contribution in [-0.2, 0) is 4.79 Å². The Labute approximate surface area is 94.0 Å². The van der Waals surface area contributed by atoms with Crippen molar-refractivity contribution in [2.75, 3.05) is 0 Å². The van der Waals surface area contributed by atoms with E-state index >= 15 is 0 Å². The first kappa shape index (κ1) is 10.4. The van der Waals surface area contributed by atoms with E-state index in [0.717, 1.165) is 19.3 Å². The van der Waals surface area contributed by atoms with Gasteiger partial charge in [-0.1, -0.05) is 12.1 Å². The smallest absolute Gasteiger partial charge is 0.217 e. The summed E-state index contributed by atoms with van der Waals surface area (Å²) in [4.78, 5) is 12.3. The van der Waals surface area contributed by atoms with Gasteiger partial charge < -0.3 is 5.32 Å². The molecule has 1 aromatic rings. The molecule has 1 aliphatic carbocycles. The Kier molecular flexibility index (Phi) is 3.21. The van der Waals surface area contributed by atoms with Gasteiger partial charge in [0.15, 0.2) is 0 Å². The van der Waals surface area contributed by atoms with Gasteiger partial charge in [-0.05, 0) is 36.3 Å². The van der Waals surface area contributed by atoms with Gasteiger partial charge in [0.1, 0.15) is 0 Å². The topological polar surface area (TPSA) is 29.1 Å². The molecule has 0 bridgehead atoms. The number of carbonyl (C=O) groups excluding carboxylic acids is 1. The zero-order valence-electron chi connectivity index (χ0n) is 8.82. The van der Waals surface area contributed by atoms with Crippen LogP contribution < -0.4 is 5.32 Å². The number of allylic oxidation sites excluding steroid dienone is 1. The molecular formula is C12H15NOS. The van der Waals surface area contributed by atoms with E-state index in [9.17, 15) is 4.79 Å². The van der Waals surface area contributed by atoms with Crippen LogP contribution in [0.4, 0.5) is 0 Å². The first-order valence-corrected chi connectivity index (χ1v) is 6.15. The lowest BCUT2D eigenvalue weighted by molar-refractivity contribution is -0.119. The lowest BCUT2D eigenvalue weighted by Crippen LogP contribution is -2.32. The highest BCUT2D eigenvalue weighted by molar-refractivity contribution is 7.11. The van der Waals surface area contributed by atoms with Crippen molar-refractivity contribution in [3.8, 4) is 0 Å². The van der Waals surface area contributed by atoms with Crippen LogP contribution in [0, 0.1) is 0 Å². The average Bonchev–Trinajstić information content (AvgIpc) is 2.69. The summed E-state index contributed by atoms with van der Waals surface area (Å²) in [6.45, 7) is 1.58. The summed E-state index contributed by atoms with van der Waals surface area (Å²) in [6.07, 6.45) is 5.57. The first-order valence-electron chi connectivity index (χ1n) is 5.27. The van der Waals surface area contributed by atoms with Crippen LogP contribution in [0.15, 0.2) is 23.6 Å². The van der Waals surface area contributed by atoms with Crippen LogP contribution in [0.5, 0.6) is 0 Å². The summed E-state index contributed by atoms with van der Waals surface area (Å²) in [5.41, 5.74) is 1.38. The number of thiophene rings is 1. The van der Waals surface area contributed by atoms with Gasteiger partial charge in [-0.15, -0.1) is 11.3 Å². The molecule has 1 N–H and O–H groups in total. The number of amides is 1. The Morgan fingerprint density at radius 3 is 3.13 bits per heavy atom. The molecule has 0 aromatic carbocycles. The second kappa shape index (κ2) is 4.62. The predicted octanol–water partition coefficient (Wildman–Crippen LogP) is 2.82. The van der Waals surface area contributed by atoms with E-state index in [-0.39, 0.29) is 11.9 Å². The Morgan fingerprint density at radius 2 is 2.47 bits per heavy atom. The molecule has 1 atom stereocenters. The minimum atomic E-state index is 0.0590. The molecule has 80 valence electrons. The molecule has 2 rings (SSSR count). The monoisotopic (exact) mass is 221 g/mol. The fourth-order valence-electron chi connectivity index (χ4n) is 1.96. The van der Waals surface area contributed by atoms with Gasteiger partial charge in [-0.2, -0.15) is 0 Å². The molecule has 1 aromatic heterocycles. The third-order valence-electron chi connectivity index (χ3n) is 2.59. The second-order valence-corrected chi connectivity index (χ2v) is 4.82. The normalized spacial score (nSPS) is 20.9. The lowest BCUT2D eigenvalue weighted by atomic mass is 9.95. The van der Waals surface area contributed by atoms with Crippen molar-refractivity contribution in [2.45, 2.75) is 32.2 Å². The van der Waals surface area contributed by atoms with Gasteiger partial charge in [-0.25, -0.2) is 0 Å². The quantitative estimate of drug-likeness (QED) is 0.817. The van der Waals surface area contributed by atoms with Crippen LogP contribution in [0.25, 0.3) is 5.57 Å². The number of nitrogens with one attached hydrogen (secondary N) is 1. The van der Waals surface area contributed by atoms with Crippen molar-refractivity contribution in [2.24, 2.45) is 0 Å². The molecule has 3 heteroatoms. The van der Waals surface area contributed by atoms with E-state index in [1.807, 2.05) is 0 Å². The van der Waals surface area contributed by atoms with Crippen molar-refractivity contribution >= 4 is 22.8 Å². The third kappa shape index (κ3) is 2.69. The van der Waals surface area contributed by atoms with Crippen LogP contribution in [0.2, 0.25) is 0 Å². The van der Waals surface area contributed by atoms with Crippen molar-refractivity contribution in [3.05, 3.63) is 28.5 Å². The summed E-state index contributed by atoms with van der Waals surface area (Å²) in [6, 6.07) is 4.45. The molecule has 1 amide bonds. The molecule has 1 heterocycles. The first-order chi connectivity index (χ1) is 7.25. The van der Waals surface area contributed by atoms with Gasteiger partial charge in [0, 0.05) is 17.8 Å². The highest BCUT2D eigenvalue weighted by atomic mass is 32.1. The molecule has 0 fully saturated rings. The zero-order chi connectivity index (χ0) is 10.7. The third-order valence-corrected chi connectivity index (χ3v) is 3.54. The highest BCUT2D eigenvalue weighted by Gasteiger charge is 2.15.